The summed E-state index contributed by atoms with van der Waals surface area (Å²) in [7, 11) is 0. The molecule has 0 heterocycles. The van der Waals surface area contributed by atoms with Crippen molar-refractivity contribution in [1.82, 2.24) is 5.32 Å². The topological polar surface area (TPSA) is 49.3 Å². The molecule has 0 bridgehead atoms. The first-order chi connectivity index (χ1) is 6.99. The molecule has 1 aliphatic rings. The summed E-state index contributed by atoms with van der Waals surface area (Å²) in [6, 6.07) is 0.362. The maximum absolute atomic E-state index is 13.0. The zero-order valence-electron chi connectivity index (χ0n) is 8.55. The molecule has 1 saturated carbocycles. The van der Waals surface area contributed by atoms with Crippen LogP contribution in [0.2, 0.25) is 0 Å². The minimum atomic E-state index is -3.04. The molecule has 0 aromatic carbocycles. The van der Waals surface area contributed by atoms with Crippen LogP contribution in [0.3, 0.4) is 0 Å². The zero-order valence-corrected chi connectivity index (χ0v) is 9.36. The zero-order chi connectivity index (χ0) is 11.3. The number of hydrogen-bond donors (Lipinski definition) is 2. The Hall–Kier alpha value is -0.0700. The summed E-state index contributed by atoms with van der Waals surface area (Å²) in [4.78, 5) is 0. The van der Waals surface area contributed by atoms with E-state index in [4.69, 9.17) is 4.55 Å². The van der Waals surface area contributed by atoms with Gasteiger partial charge in [0.15, 0.2) is 11.1 Å². The molecule has 0 spiro atoms. The molecule has 0 radical (unpaired) electrons. The lowest BCUT2D eigenvalue weighted by atomic mass is 10.2. The minimum absolute atomic E-state index is 0.217. The summed E-state index contributed by atoms with van der Waals surface area (Å²) in [5, 5.41) is 3.05. The van der Waals surface area contributed by atoms with Crippen molar-refractivity contribution >= 4 is 11.1 Å². The van der Waals surface area contributed by atoms with Gasteiger partial charge in [-0.3, -0.25) is 0 Å². The Morgan fingerprint density at radius 1 is 1.40 bits per heavy atom. The van der Waals surface area contributed by atoms with Crippen LogP contribution in [0, 0.1) is 0 Å². The smallest absolute Gasteiger partial charge is 0.263 e. The second kappa shape index (κ2) is 5.86. The van der Waals surface area contributed by atoms with Crippen molar-refractivity contribution in [2.75, 3.05) is 12.3 Å². The van der Waals surface area contributed by atoms with Gasteiger partial charge in [-0.15, -0.1) is 0 Å². The summed E-state index contributed by atoms with van der Waals surface area (Å²) >= 11 is -2.42. The van der Waals surface area contributed by atoms with Gasteiger partial charge in [0.1, 0.15) is 5.75 Å². The van der Waals surface area contributed by atoms with E-state index in [0.29, 0.717) is 6.04 Å². The lowest BCUT2D eigenvalue weighted by Crippen LogP contribution is -2.33. The average molecular weight is 241 g/mol. The van der Waals surface area contributed by atoms with Crippen molar-refractivity contribution in [3.63, 3.8) is 0 Å². The van der Waals surface area contributed by atoms with Gasteiger partial charge in [-0.1, -0.05) is 12.8 Å². The number of rotatable bonds is 6. The van der Waals surface area contributed by atoms with Crippen LogP contribution in [0.5, 0.6) is 0 Å². The second-order valence-electron chi connectivity index (χ2n) is 4.01. The van der Waals surface area contributed by atoms with Crippen LogP contribution >= 0.6 is 0 Å². The standard InChI is InChI=1S/C9H17F2NO2S/c10-9(11,7-15(13)14)5-6-12-8-3-1-2-4-8/h8,12H,1-7H2,(H,13,14). The molecule has 0 aliphatic heterocycles. The highest BCUT2D eigenvalue weighted by molar-refractivity contribution is 7.79. The Morgan fingerprint density at radius 2 is 2.00 bits per heavy atom. The molecule has 0 aromatic rings. The van der Waals surface area contributed by atoms with Crippen molar-refractivity contribution in [2.24, 2.45) is 0 Å². The molecule has 0 saturated heterocycles. The maximum atomic E-state index is 13.0. The average Bonchev–Trinajstić information content (AvgIpc) is 2.53. The molecule has 15 heavy (non-hydrogen) atoms. The predicted molar refractivity (Wildman–Crippen MR) is 55.5 cm³/mol. The Morgan fingerprint density at radius 3 is 2.53 bits per heavy atom. The van der Waals surface area contributed by atoms with Gasteiger partial charge in [0.05, 0.1) is 0 Å². The van der Waals surface area contributed by atoms with E-state index in [0.717, 1.165) is 25.7 Å². The normalized spacial score (nSPS) is 20.7. The second-order valence-corrected chi connectivity index (χ2v) is 4.94. The van der Waals surface area contributed by atoms with E-state index >= 15 is 0 Å². The largest absolute Gasteiger partial charge is 0.314 e. The van der Waals surface area contributed by atoms with Gasteiger partial charge in [-0.05, 0) is 12.8 Å². The minimum Gasteiger partial charge on any atom is -0.314 e. The molecule has 0 aromatic heterocycles. The third kappa shape index (κ3) is 5.53. The number of halogens is 2. The van der Waals surface area contributed by atoms with Crippen molar-refractivity contribution in [2.45, 2.75) is 44.1 Å². The maximum Gasteiger partial charge on any atom is 0.263 e. The summed E-state index contributed by atoms with van der Waals surface area (Å²) in [6.45, 7) is 0.217. The predicted octanol–water partition coefficient (Wildman–Crippen LogP) is 1.77. The lowest BCUT2D eigenvalue weighted by Gasteiger charge is -2.16. The van der Waals surface area contributed by atoms with Crippen molar-refractivity contribution in [1.29, 1.82) is 0 Å². The number of hydrogen-bond acceptors (Lipinski definition) is 2. The summed E-state index contributed by atoms with van der Waals surface area (Å²) in [6.07, 6.45) is 4.06. The Kier molecular flexibility index (Phi) is 5.08. The summed E-state index contributed by atoms with van der Waals surface area (Å²) in [5.41, 5.74) is 0. The molecule has 6 heteroatoms. The van der Waals surface area contributed by atoms with Gasteiger partial charge in [0, 0.05) is 19.0 Å². The van der Waals surface area contributed by atoms with Crippen LogP contribution in [-0.4, -0.2) is 33.0 Å². The fraction of sp³-hybridized carbons (Fsp3) is 1.00. The highest BCUT2D eigenvalue weighted by atomic mass is 32.2. The van der Waals surface area contributed by atoms with Gasteiger partial charge in [-0.2, -0.15) is 0 Å². The SMILES string of the molecule is O=S(O)CC(F)(F)CCNC1CCCC1. The van der Waals surface area contributed by atoms with Crippen LogP contribution in [0.15, 0.2) is 0 Å². The number of alkyl halides is 2. The fourth-order valence-electron chi connectivity index (χ4n) is 1.84. The molecule has 2 N–H and O–H groups in total. The van der Waals surface area contributed by atoms with Crippen LogP contribution in [0.1, 0.15) is 32.1 Å². The van der Waals surface area contributed by atoms with Gasteiger partial charge >= 0.3 is 0 Å². The third-order valence-electron chi connectivity index (χ3n) is 2.61. The first-order valence-electron chi connectivity index (χ1n) is 5.18. The highest BCUT2D eigenvalue weighted by Gasteiger charge is 2.31. The summed E-state index contributed by atoms with van der Waals surface area (Å²) in [5.74, 6) is -4.00. The van der Waals surface area contributed by atoms with Gasteiger partial charge in [-0.25, -0.2) is 13.0 Å². The fourth-order valence-corrected chi connectivity index (χ4v) is 2.35. The van der Waals surface area contributed by atoms with E-state index in [9.17, 15) is 13.0 Å². The molecule has 1 aliphatic carbocycles. The molecule has 1 unspecified atom stereocenters. The van der Waals surface area contributed by atoms with Gasteiger partial charge in [0.25, 0.3) is 5.92 Å². The van der Waals surface area contributed by atoms with E-state index < -0.39 is 22.8 Å². The molecule has 0 amide bonds. The van der Waals surface area contributed by atoms with Crippen molar-refractivity contribution in [3.8, 4) is 0 Å². The van der Waals surface area contributed by atoms with E-state index in [1.165, 1.54) is 0 Å². The van der Waals surface area contributed by atoms with E-state index in [1.807, 2.05) is 0 Å². The van der Waals surface area contributed by atoms with E-state index in [1.54, 1.807) is 0 Å². The van der Waals surface area contributed by atoms with Crippen LogP contribution in [0.4, 0.5) is 8.78 Å². The molecule has 1 rings (SSSR count). The van der Waals surface area contributed by atoms with Crippen LogP contribution < -0.4 is 5.32 Å². The van der Waals surface area contributed by atoms with Crippen LogP contribution in [-0.2, 0) is 11.1 Å². The monoisotopic (exact) mass is 241 g/mol. The Labute approximate surface area is 90.9 Å². The Bertz CT molecular complexity index is 220. The number of nitrogens with one attached hydrogen (secondary N) is 1. The molecule has 3 nitrogen and oxygen atoms in total. The summed E-state index contributed by atoms with van der Waals surface area (Å²) < 4.78 is 44.5. The van der Waals surface area contributed by atoms with E-state index in [2.05, 4.69) is 5.32 Å². The Balaban J connectivity index is 2.14. The molecule has 1 atom stereocenters. The highest BCUT2D eigenvalue weighted by Crippen LogP contribution is 2.21. The molecular formula is C9H17F2NO2S. The first kappa shape index (κ1) is 13.0. The molecule has 90 valence electrons. The van der Waals surface area contributed by atoms with E-state index in [-0.39, 0.29) is 13.0 Å². The lowest BCUT2D eigenvalue weighted by molar-refractivity contribution is 0.0163. The molecule has 1 fully saturated rings. The quantitative estimate of drug-likeness (QED) is 0.697. The molecular weight excluding hydrogens is 224 g/mol. The van der Waals surface area contributed by atoms with Gasteiger partial charge < -0.3 is 9.87 Å². The van der Waals surface area contributed by atoms with Gasteiger partial charge in [0.2, 0.25) is 0 Å². The first-order valence-corrected chi connectivity index (χ1v) is 6.46. The van der Waals surface area contributed by atoms with Crippen LogP contribution in [0.25, 0.3) is 0 Å². The third-order valence-corrected chi connectivity index (χ3v) is 3.28. The van der Waals surface area contributed by atoms with Crippen molar-refractivity contribution in [3.05, 3.63) is 0 Å². The van der Waals surface area contributed by atoms with Crippen molar-refractivity contribution < 1.29 is 17.5 Å².